The van der Waals surface area contributed by atoms with Gasteiger partial charge in [-0.2, -0.15) is 10.4 Å². The summed E-state index contributed by atoms with van der Waals surface area (Å²) in [5.74, 6) is -0.249. The highest BCUT2D eigenvalue weighted by Gasteiger charge is 2.32. The number of benzene rings is 1. The van der Waals surface area contributed by atoms with Gasteiger partial charge in [0.2, 0.25) is 0 Å². The molecule has 2 aromatic rings. The number of hydrogen-bond acceptors (Lipinski definition) is 4. The van der Waals surface area contributed by atoms with E-state index in [-0.39, 0.29) is 21.3 Å². The number of anilines is 1. The Morgan fingerprint density at radius 2 is 1.91 bits per heavy atom. The summed E-state index contributed by atoms with van der Waals surface area (Å²) < 4.78 is 41.7. The zero-order valence-electron chi connectivity index (χ0n) is 10.9. The van der Waals surface area contributed by atoms with Gasteiger partial charge in [-0.25, -0.2) is 4.68 Å². The van der Waals surface area contributed by atoms with Gasteiger partial charge in [-0.1, -0.05) is 23.2 Å². The van der Waals surface area contributed by atoms with Crippen molar-refractivity contribution in [3.8, 4) is 17.5 Å². The van der Waals surface area contributed by atoms with Gasteiger partial charge in [0.15, 0.2) is 0 Å². The normalized spacial score (nSPS) is 11.1. The van der Waals surface area contributed by atoms with Crippen LogP contribution in [0.5, 0.6) is 5.75 Å². The molecule has 0 saturated heterocycles. The number of nitrogens with one attached hydrogen (secondary N) is 1. The first-order valence-corrected chi connectivity index (χ1v) is 6.43. The molecule has 0 unspecified atom stereocenters. The molecular weight excluding hydrogens is 344 g/mol. The van der Waals surface area contributed by atoms with Gasteiger partial charge < -0.3 is 10.1 Å². The lowest BCUT2D eigenvalue weighted by atomic mass is 10.3. The fraction of sp³-hybridized carbons (Fsp3) is 0.167. The molecule has 0 aliphatic rings. The predicted molar refractivity (Wildman–Crippen MR) is 74.5 cm³/mol. The van der Waals surface area contributed by atoms with Crippen molar-refractivity contribution in [2.45, 2.75) is 6.36 Å². The van der Waals surface area contributed by atoms with Crippen LogP contribution in [0.2, 0.25) is 10.0 Å². The molecule has 0 amide bonds. The number of alkyl halides is 3. The lowest BCUT2D eigenvalue weighted by Crippen LogP contribution is -2.17. The minimum atomic E-state index is -4.86. The van der Waals surface area contributed by atoms with Crippen LogP contribution in [0.3, 0.4) is 0 Å². The first-order valence-electron chi connectivity index (χ1n) is 5.68. The third-order valence-corrected chi connectivity index (χ3v) is 3.14. The van der Waals surface area contributed by atoms with Crippen LogP contribution in [0.25, 0.3) is 5.69 Å². The molecule has 2 rings (SSSR count). The van der Waals surface area contributed by atoms with Crippen LogP contribution in [0.15, 0.2) is 18.3 Å². The van der Waals surface area contributed by atoms with E-state index < -0.39 is 12.1 Å². The summed E-state index contributed by atoms with van der Waals surface area (Å²) in [6.07, 6.45) is -3.58. The SMILES string of the molecule is CNc1c(C#N)cnn1-c1c(Cl)cc(OC(F)(F)F)cc1Cl. The Balaban J connectivity index is 2.54. The zero-order valence-corrected chi connectivity index (χ0v) is 12.4. The molecule has 0 aliphatic heterocycles. The summed E-state index contributed by atoms with van der Waals surface area (Å²) >= 11 is 12.0. The molecular formula is C12H7Cl2F3N4O. The molecule has 116 valence electrons. The molecule has 0 fully saturated rings. The predicted octanol–water partition coefficient (Wildman–Crippen LogP) is 3.99. The first-order chi connectivity index (χ1) is 10.3. The number of halogens is 5. The topological polar surface area (TPSA) is 62.9 Å². The average Bonchev–Trinajstić information content (AvgIpc) is 2.78. The number of nitriles is 1. The molecule has 0 spiro atoms. The van der Waals surface area contributed by atoms with Crippen LogP contribution in [-0.4, -0.2) is 23.2 Å². The van der Waals surface area contributed by atoms with E-state index >= 15 is 0 Å². The average molecular weight is 351 g/mol. The van der Waals surface area contributed by atoms with Gasteiger partial charge in [0.05, 0.1) is 16.2 Å². The number of hydrogen-bond donors (Lipinski definition) is 1. The maximum Gasteiger partial charge on any atom is 0.573 e. The Hall–Kier alpha value is -2.11. The fourth-order valence-electron chi connectivity index (χ4n) is 1.78. The standard InChI is InChI=1S/C12H7Cl2F3N4O/c1-19-11-6(4-18)5-20-21(11)10-8(13)2-7(3-9(10)14)22-12(15,16)17/h2-3,5,19H,1H3. The lowest BCUT2D eigenvalue weighted by Gasteiger charge is -2.14. The third-order valence-electron chi connectivity index (χ3n) is 2.56. The molecule has 0 aliphatic carbocycles. The van der Waals surface area contributed by atoms with Crippen molar-refractivity contribution in [3.05, 3.63) is 33.9 Å². The molecule has 0 bridgehead atoms. The zero-order chi connectivity index (χ0) is 16.5. The van der Waals surface area contributed by atoms with Crippen molar-refractivity contribution in [2.24, 2.45) is 0 Å². The summed E-state index contributed by atoms with van der Waals surface area (Å²) in [5, 5.41) is 15.4. The molecule has 1 heterocycles. The van der Waals surface area contributed by atoms with Crippen molar-refractivity contribution in [1.29, 1.82) is 5.26 Å². The van der Waals surface area contributed by atoms with E-state index in [1.165, 1.54) is 10.9 Å². The van der Waals surface area contributed by atoms with Gasteiger partial charge in [-0.3, -0.25) is 0 Å². The van der Waals surface area contributed by atoms with Gasteiger partial charge in [0.1, 0.15) is 28.9 Å². The Morgan fingerprint density at radius 1 is 1.32 bits per heavy atom. The van der Waals surface area contributed by atoms with E-state index in [1.807, 2.05) is 6.07 Å². The minimum Gasteiger partial charge on any atom is -0.406 e. The van der Waals surface area contributed by atoms with Crippen LogP contribution in [-0.2, 0) is 0 Å². The summed E-state index contributed by atoms with van der Waals surface area (Å²) in [4.78, 5) is 0. The fourth-order valence-corrected chi connectivity index (χ4v) is 2.40. The number of aromatic nitrogens is 2. The number of rotatable bonds is 3. The maximum atomic E-state index is 12.2. The summed E-state index contributed by atoms with van der Waals surface area (Å²) in [6.45, 7) is 0. The number of nitrogens with zero attached hydrogens (tertiary/aromatic N) is 3. The largest absolute Gasteiger partial charge is 0.573 e. The van der Waals surface area contributed by atoms with E-state index in [4.69, 9.17) is 28.5 Å². The quantitative estimate of drug-likeness (QED) is 0.908. The van der Waals surface area contributed by atoms with E-state index in [1.54, 1.807) is 7.05 Å². The van der Waals surface area contributed by atoms with Crippen molar-refractivity contribution in [1.82, 2.24) is 9.78 Å². The van der Waals surface area contributed by atoms with Crippen molar-refractivity contribution < 1.29 is 17.9 Å². The Bertz CT molecular complexity index is 729. The smallest absolute Gasteiger partial charge is 0.406 e. The van der Waals surface area contributed by atoms with Crippen LogP contribution in [0.1, 0.15) is 5.56 Å². The molecule has 5 nitrogen and oxygen atoms in total. The van der Waals surface area contributed by atoms with Crippen molar-refractivity contribution in [3.63, 3.8) is 0 Å². The van der Waals surface area contributed by atoms with E-state index in [2.05, 4.69) is 15.2 Å². The molecule has 1 N–H and O–H groups in total. The van der Waals surface area contributed by atoms with Crippen LogP contribution < -0.4 is 10.1 Å². The molecule has 1 aromatic carbocycles. The van der Waals surface area contributed by atoms with Gasteiger partial charge in [-0.15, -0.1) is 13.2 Å². The minimum absolute atomic E-state index is 0.115. The van der Waals surface area contributed by atoms with Gasteiger partial charge in [0, 0.05) is 19.2 Å². The Labute approximate surface area is 132 Å². The first kappa shape index (κ1) is 16.3. The summed E-state index contributed by atoms with van der Waals surface area (Å²) in [6, 6.07) is 3.84. The molecule has 1 aromatic heterocycles. The second-order valence-electron chi connectivity index (χ2n) is 3.96. The van der Waals surface area contributed by atoms with Gasteiger partial charge in [-0.05, 0) is 0 Å². The van der Waals surface area contributed by atoms with Crippen LogP contribution in [0, 0.1) is 11.3 Å². The van der Waals surface area contributed by atoms with Gasteiger partial charge >= 0.3 is 6.36 Å². The van der Waals surface area contributed by atoms with Crippen LogP contribution >= 0.6 is 23.2 Å². The van der Waals surface area contributed by atoms with Crippen molar-refractivity contribution in [2.75, 3.05) is 12.4 Å². The Kier molecular flexibility index (Phi) is 4.39. The molecule has 0 saturated carbocycles. The third kappa shape index (κ3) is 3.21. The van der Waals surface area contributed by atoms with E-state index in [9.17, 15) is 13.2 Å². The second kappa shape index (κ2) is 5.94. The maximum absolute atomic E-state index is 12.2. The highest BCUT2D eigenvalue weighted by Crippen LogP contribution is 2.36. The highest BCUT2D eigenvalue weighted by atomic mass is 35.5. The Morgan fingerprint density at radius 3 is 2.36 bits per heavy atom. The van der Waals surface area contributed by atoms with E-state index in [0.717, 1.165) is 12.1 Å². The highest BCUT2D eigenvalue weighted by molar-refractivity contribution is 6.38. The molecule has 22 heavy (non-hydrogen) atoms. The monoisotopic (exact) mass is 350 g/mol. The molecule has 10 heteroatoms. The number of ether oxygens (including phenoxy) is 1. The lowest BCUT2D eigenvalue weighted by molar-refractivity contribution is -0.274. The molecule has 0 radical (unpaired) electrons. The van der Waals surface area contributed by atoms with Crippen molar-refractivity contribution >= 4 is 29.0 Å². The van der Waals surface area contributed by atoms with E-state index in [0.29, 0.717) is 5.82 Å². The summed E-state index contributed by atoms with van der Waals surface area (Å²) in [5.41, 5.74) is 0.356. The summed E-state index contributed by atoms with van der Waals surface area (Å²) in [7, 11) is 1.55. The van der Waals surface area contributed by atoms with Crippen LogP contribution in [0.4, 0.5) is 19.0 Å². The second-order valence-corrected chi connectivity index (χ2v) is 4.78. The van der Waals surface area contributed by atoms with Gasteiger partial charge in [0.25, 0.3) is 0 Å². The molecule has 0 atom stereocenters.